The van der Waals surface area contributed by atoms with Gasteiger partial charge in [-0.2, -0.15) is 18.3 Å². The number of carbonyl (C=O) groups excluding carboxylic acids is 2. The minimum absolute atomic E-state index is 0.0113. The molecule has 0 aliphatic heterocycles. The first-order chi connectivity index (χ1) is 19.5. The van der Waals surface area contributed by atoms with Crippen molar-refractivity contribution in [3.05, 3.63) is 75.9 Å². The number of fused-ring (bicyclic) bond motifs is 1. The average Bonchev–Trinajstić information content (AvgIpc) is 3.60. The highest BCUT2D eigenvalue weighted by Crippen LogP contribution is 2.37. The summed E-state index contributed by atoms with van der Waals surface area (Å²) in [5, 5.41) is 15.6. The molecule has 0 saturated heterocycles. The van der Waals surface area contributed by atoms with Gasteiger partial charge in [0.25, 0.3) is 11.8 Å². The normalized spacial score (nSPS) is 17.5. The summed E-state index contributed by atoms with van der Waals surface area (Å²) >= 11 is 5.77. The quantitative estimate of drug-likeness (QED) is 0.296. The Balaban J connectivity index is 1.22. The molecule has 10 nitrogen and oxygen atoms in total. The summed E-state index contributed by atoms with van der Waals surface area (Å²) in [6.45, 7) is 0.197. The van der Waals surface area contributed by atoms with Crippen molar-refractivity contribution in [3.8, 4) is 0 Å². The zero-order chi connectivity index (χ0) is 29.3. The molecule has 16 heteroatoms. The predicted molar refractivity (Wildman–Crippen MR) is 132 cm³/mol. The molecule has 1 saturated carbocycles. The Labute approximate surface area is 233 Å². The minimum atomic E-state index is -4.71. The fraction of sp³-hybridized carbons (Fsp3) is 0.360. The third-order valence-electron chi connectivity index (χ3n) is 6.76. The van der Waals surface area contributed by atoms with E-state index in [4.69, 9.17) is 16.0 Å². The Morgan fingerprint density at radius 1 is 1.02 bits per heavy atom. The number of carbonyl (C=O) groups is 2. The average molecular weight is 598 g/mol. The SMILES string of the molecule is O=C(NCc1ccc(F)c(Cl)c1)c1cc(C(=O)NC[C@H]2CC[C@H](c3nnc(C(F)(F)F)o3)CC2)n2ncc(F)c2n1. The maximum Gasteiger partial charge on any atom is 0.470 e. The first-order valence-electron chi connectivity index (χ1n) is 12.4. The lowest BCUT2D eigenvalue weighted by molar-refractivity contribution is -0.157. The second-order valence-electron chi connectivity index (χ2n) is 9.56. The van der Waals surface area contributed by atoms with E-state index in [2.05, 4.69) is 30.9 Å². The van der Waals surface area contributed by atoms with E-state index in [0.717, 1.165) is 16.8 Å². The number of nitrogens with zero attached hydrogens (tertiary/aromatic N) is 5. The van der Waals surface area contributed by atoms with Crippen LogP contribution >= 0.6 is 11.6 Å². The molecule has 1 aliphatic rings. The lowest BCUT2D eigenvalue weighted by Crippen LogP contribution is -2.33. The van der Waals surface area contributed by atoms with Crippen LogP contribution in [0.1, 0.15) is 69.9 Å². The van der Waals surface area contributed by atoms with Gasteiger partial charge in [-0.15, -0.1) is 10.2 Å². The molecule has 1 aromatic carbocycles. The molecule has 3 heterocycles. The van der Waals surface area contributed by atoms with E-state index in [1.165, 1.54) is 18.2 Å². The Bertz CT molecular complexity index is 1600. The molecular formula is C25H21ClF5N7O3. The van der Waals surface area contributed by atoms with Crippen molar-refractivity contribution in [1.82, 2.24) is 35.4 Å². The van der Waals surface area contributed by atoms with Crippen LogP contribution in [0.2, 0.25) is 5.02 Å². The summed E-state index contributed by atoms with van der Waals surface area (Å²) in [5.41, 5.74) is -0.193. The van der Waals surface area contributed by atoms with E-state index < -0.39 is 35.5 Å². The highest BCUT2D eigenvalue weighted by atomic mass is 35.5. The summed E-state index contributed by atoms with van der Waals surface area (Å²) in [5.74, 6) is -4.54. The van der Waals surface area contributed by atoms with Crippen LogP contribution in [0, 0.1) is 17.6 Å². The van der Waals surface area contributed by atoms with Crippen LogP contribution in [0.15, 0.2) is 34.9 Å². The number of hydrogen-bond donors (Lipinski definition) is 2. The summed E-state index contributed by atoms with van der Waals surface area (Å²) in [4.78, 5) is 29.8. The maximum atomic E-state index is 14.3. The highest BCUT2D eigenvalue weighted by Gasteiger charge is 2.39. The lowest BCUT2D eigenvalue weighted by Gasteiger charge is -2.26. The van der Waals surface area contributed by atoms with Crippen LogP contribution in [0.25, 0.3) is 5.65 Å². The summed E-state index contributed by atoms with van der Waals surface area (Å²) < 4.78 is 71.7. The van der Waals surface area contributed by atoms with Crippen molar-refractivity contribution < 1.29 is 36.0 Å². The molecule has 2 amide bonds. The third-order valence-corrected chi connectivity index (χ3v) is 7.05. The van der Waals surface area contributed by atoms with Crippen LogP contribution in [0.3, 0.4) is 0 Å². The fourth-order valence-electron chi connectivity index (χ4n) is 4.59. The molecule has 1 aliphatic carbocycles. The largest absolute Gasteiger partial charge is 0.470 e. The minimum Gasteiger partial charge on any atom is -0.417 e. The van der Waals surface area contributed by atoms with E-state index in [-0.39, 0.29) is 52.9 Å². The van der Waals surface area contributed by atoms with Gasteiger partial charge in [0.2, 0.25) is 5.89 Å². The number of rotatable bonds is 7. The standard InChI is InChI=1S/C25H21ClF5N7O3/c26-15-7-13(3-6-16(15)27)10-32-21(39)18-8-19(38-20(35-18)17(28)11-34-38)22(40)33-9-12-1-4-14(5-2-12)23-36-37-24(41-23)25(29,30)31/h3,6-8,11-12,14H,1-2,4-5,9-10H2,(H,32,39)(H,33,40)/t12-,14-. The van der Waals surface area contributed by atoms with E-state index in [1.54, 1.807) is 0 Å². The lowest BCUT2D eigenvalue weighted by atomic mass is 9.82. The van der Waals surface area contributed by atoms with Gasteiger partial charge in [-0.05, 0) is 49.3 Å². The highest BCUT2D eigenvalue weighted by molar-refractivity contribution is 6.30. The fourth-order valence-corrected chi connectivity index (χ4v) is 4.79. The molecule has 3 aromatic heterocycles. The van der Waals surface area contributed by atoms with Crippen LogP contribution in [0.5, 0.6) is 0 Å². The molecule has 5 rings (SSSR count). The number of aromatic nitrogens is 5. The number of amides is 2. The second kappa shape index (κ2) is 11.4. The smallest absolute Gasteiger partial charge is 0.417 e. The van der Waals surface area contributed by atoms with E-state index in [0.29, 0.717) is 31.2 Å². The van der Waals surface area contributed by atoms with Crippen molar-refractivity contribution in [1.29, 1.82) is 0 Å². The molecule has 4 aromatic rings. The van der Waals surface area contributed by atoms with Crippen LogP contribution in [-0.2, 0) is 12.7 Å². The van der Waals surface area contributed by atoms with Gasteiger partial charge in [-0.25, -0.2) is 18.3 Å². The predicted octanol–water partition coefficient (Wildman–Crippen LogP) is 4.70. The number of hydrogen-bond acceptors (Lipinski definition) is 7. The van der Waals surface area contributed by atoms with Crippen LogP contribution < -0.4 is 10.6 Å². The molecule has 0 spiro atoms. The van der Waals surface area contributed by atoms with Crippen LogP contribution in [-0.4, -0.2) is 43.2 Å². The molecule has 41 heavy (non-hydrogen) atoms. The molecule has 1 fully saturated rings. The van der Waals surface area contributed by atoms with Gasteiger partial charge in [0.15, 0.2) is 11.5 Å². The van der Waals surface area contributed by atoms with E-state index in [1.807, 2.05) is 0 Å². The van der Waals surface area contributed by atoms with Gasteiger partial charge in [-0.1, -0.05) is 17.7 Å². The Hall–Kier alpha value is -4.14. The zero-order valence-electron chi connectivity index (χ0n) is 21.0. The number of halogens is 6. The van der Waals surface area contributed by atoms with Crippen molar-refractivity contribution in [3.63, 3.8) is 0 Å². The van der Waals surface area contributed by atoms with Gasteiger partial charge in [0.1, 0.15) is 17.2 Å². The van der Waals surface area contributed by atoms with Gasteiger partial charge in [0.05, 0.1) is 11.2 Å². The number of alkyl halides is 3. The van der Waals surface area contributed by atoms with Gasteiger partial charge < -0.3 is 15.1 Å². The number of benzene rings is 1. The van der Waals surface area contributed by atoms with E-state index in [9.17, 15) is 31.5 Å². The Morgan fingerprint density at radius 3 is 2.46 bits per heavy atom. The van der Waals surface area contributed by atoms with Crippen molar-refractivity contribution >= 4 is 29.1 Å². The van der Waals surface area contributed by atoms with Gasteiger partial charge in [0, 0.05) is 25.1 Å². The van der Waals surface area contributed by atoms with Crippen molar-refractivity contribution in [2.24, 2.45) is 5.92 Å². The molecule has 0 bridgehead atoms. The van der Waals surface area contributed by atoms with Gasteiger partial charge >= 0.3 is 12.1 Å². The van der Waals surface area contributed by atoms with Gasteiger partial charge in [-0.3, -0.25) is 9.59 Å². The Kier molecular flexibility index (Phi) is 7.89. The zero-order valence-corrected chi connectivity index (χ0v) is 21.8. The topological polar surface area (TPSA) is 127 Å². The second-order valence-corrected chi connectivity index (χ2v) is 9.96. The monoisotopic (exact) mass is 597 g/mol. The van der Waals surface area contributed by atoms with E-state index >= 15 is 0 Å². The van der Waals surface area contributed by atoms with Crippen molar-refractivity contribution in [2.75, 3.05) is 6.54 Å². The first-order valence-corrected chi connectivity index (χ1v) is 12.8. The number of nitrogens with one attached hydrogen (secondary N) is 2. The molecule has 0 atom stereocenters. The first kappa shape index (κ1) is 28.4. The Morgan fingerprint density at radius 2 is 1.78 bits per heavy atom. The van der Waals surface area contributed by atoms with Crippen molar-refractivity contribution in [2.45, 2.75) is 44.3 Å². The summed E-state index contributed by atoms with van der Waals surface area (Å²) in [7, 11) is 0. The molecule has 0 radical (unpaired) electrons. The molecule has 216 valence electrons. The summed E-state index contributed by atoms with van der Waals surface area (Å²) in [6, 6.07) is 5.10. The molecule has 2 N–H and O–H groups in total. The maximum absolute atomic E-state index is 14.3. The van der Waals surface area contributed by atoms with Crippen LogP contribution in [0.4, 0.5) is 22.0 Å². The molecule has 0 unspecified atom stereocenters. The summed E-state index contributed by atoms with van der Waals surface area (Å²) in [6.07, 6.45) is -1.69. The third kappa shape index (κ3) is 6.29. The molecular weight excluding hydrogens is 577 g/mol.